The lowest BCUT2D eigenvalue weighted by Gasteiger charge is -2.13. The summed E-state index contributed by atoms with van der Waals surface area (Å²) >= 11 is 0. The molecule has 2 aromatic carbocycles. The van der Waals surface area contributed by atoms with E-state index in [1.54, 1.807) is 49.4 Å². The molecule has 4 rings (SSSR count). The molecule has 27 heavy (non-hydrogen) atoms. The van der Waals surface area contributed by atoms with E-state index >= 15 is 0 Å². The van der Waals surface area contributed by atoms with Crippen LogP contribution in [0, 0.1) is 6.92 Å². The Morgan fingerprint density at radius 1 is 1.11 bits per heavy atom. The Kier molecular flexibility index (Phi) is 3.73. The number of carboxylic acid groups (broad SMARTS) is 1. The van der Waals surface area contributed by atoms with Crippen LogP contribution in [0.25, 0.3) is 0 Å². The molecule has 2 N–H and O–H groups in total. The number of nitrogens with one attached hydrogen (secondary N) is 1. The quantitative estimate of drug-likeness (QED) is 0.689. The van der Waals surface area contributed by atoms with E-state index in [-0.39, 0.29) is 28.7 Å². The average molecular weight is 363 g/mol. The van der Waals surface area contributed by atoms with Crippen LogP contribution in [0.5, 0.6) is 11.8 Å². The highest BCUT2D eigenvalue weighted by molar-refractivity contribution is 6.33. The van der Waals surface area contributed by atoms with Crippen molar-refractivity contribution in [2.24, 2.45) is 0 Å². The van der Waals surface area contributed by atoms with Crippen LogP contribution in [0.15, 0.2) is 48.5 Å². The monoisotopic (exact) mass is 363 g/mol. The molecule has 0 radical (unpaired) electrons. The summed E-state index contributed by atoms with van der Waals surface area (Å²) in [5, 5.41) is 9.18. The van der Waals surface area contributed by atoms with Gasteiger partial charge >= 0.3 is 12.0 Å². The number of aromatic amines is 1. The first-order valence-corrected chi connectivity index (χ1v) is 8.01. The maximum Gasteiger partial charge on any atom is 0.336 e. The van der Waals surface area contributed by atoms with Crippen molar-refractivity contribution in [1.29, 1.82) is 0 Å². The zero-order valence-electron chi connectivity index (χ0n) is 14.1. The summed E-state index contributed by atoms with van der Waals surface area (Å²) in [6, 6.07) is 13.0. The van der Waals surface area contributed by atoms with E-state index in [9.17, 15) is 19.5 Å². The number of H-pyrrole nitrogens is 1. The average Bonchev–Trinajstić information content (AvgIpc) is 3.16. The zero-order chi connectivity index (χ0) is 19.1. The molecule has 8 heteroatoms. The van der Waals surface area contributed by atoms with Gasteiger partial charge in [0.15, 0.2) is 5.69 Å². The van der Waals surface area contributed by atoms with Gasteiger partial charge in [0.25, 0.3) is 11.8 Å². The SMILES string of the molecule is Cc1ccc(Oc2nc3c([nH]2)C(=O)N(c2ccccc2)C3=O)cc1C(=O)O. The van der Waals surface area contributed by atoms with Crippen LogP contribution in [-0.2, 0) is 0 Å². The molecule has 1 aliphatic heterocycles. The number of anilines is 1. The summed E-state index contributed by atoms with van der Waals surface area (Å²) in [5.41, 5.74) is 1.12. The van der Waals surface area contributed by atoms with Crippen molar-refractivity contribution >= 4 is 23.5 Å². The van der Waals surface area contributed by atoms with Gasteiger partial charge < -0.3 is 14.8 Å². The van der Waals surface area contributed by atoms with Crippen molar-refractivity contribution in [1.82, 2.24) is 9.97 Å². The van der Waals surface area contributed by atoms with Gasteiger partial charge in [0.2, 0.25) is 0 Å². The van der Waals surface area contributed by atoms with E-state index in [4.69, 9.17) is 4.74 Å². The number of rotatable bonds is 4. The summed E-state index contributed by atoms with van der Waals surface area (Å²) in [4.78, 5) is 44.1. The molecular weight excluding hydrogens is 350 g/mol. The van der Waals surface area contributed by atoms with Gasteiger partial charge in [-0.1, -0.05) is 24.3 Å². The van der Waals surface area contributed by atoms with E-state index in [0.29, 0.717) is 11.3 Å². The summed E-state index contributed by atoms with van der Waals surface area (Å²) in [6.07, 6.45) is 0. The number of nitrogens with zero attached hydrogens (tertiary/aromatic N) is 2. The minimum Gasteiger partial charge on any atom is -0.478 e. The maximum absolute atomic E-state index is 12.6. The standard InChI is InChI=1S/C19H13N3O5/c1-10-7-8-12(9-13(10)18(25)26)27-19-20-14-15(21-19)17(24)22(16(14)23)11-5-3-2-4-6-11/h2-9H,1H3,(H,20,21)(H,25,26). The first kappa shape index (κ1) is 16.5. The third-order valence-corrected chi connectivity index (χ3v) is 4.17. The van der Waals surface area contributed by atoms with E-state index < -0.39 is 17.8 Å². The van der Waals surface area contributed by atoms with E-state index in [1.165, 1.54) is 6.07 Å². The molecule has 0 saturated heterocycles. The van der Waals surface area contributed by atoms with Crippen LogP contribution < -0.4 is 9.64 Å². The number of carboxylic acids is 1. The number of para-hydroxylation sites is 1. The Morgan fingerprint density at radius 3 is 2.52 bits per heavy atom. The predicted molar refractivity (Wildman–Crippen MR) is 94.4 cm³/mol. The first-order valence-electron chi connectivity index (χ1n) is 8.01. The van der Waals surface area contributed by atoms with Crippen LogP contribution in [0.2, 0.25) is 0 Å². The Bertz CT molecular complexity index is 1050. The normalized spacial score (nSPS) is 13.0. The number of benzene rings is 2. The van der Waals surface area contributed by atoms with Crippen molar-refractivity contribution < 1.29 is 24.2 Å². The van der Waals surface area contributed by atoms with Crippen LogP contribution in [0.4, 0.5) is 5.69 Å². The number of hydrogen-bond acceptors (Lipinski definition) is 5. The molecule has 2 amide bonds. The number of imidazole rings is 1. The van der Waals surface area contributed by atoms with E-state index in [2.05, 4.69) is 9.97 Å². The van der Waals surface area contributed by atoms with Gasteiger partial charge in [0.05, 0.1) is 11.3 Å². The van der Waals surface area contributed by atoms with Crippen LogP contribution in [0.3, 0.4) is 0 Å². The molecule has 0 aliphatic carbocycles. The molecule has 0 unspecified atom stereocenters. The fraction of sp³-hybridized carbons (Fsp3) is 0.0526. The molecule has 8 nitrogen and oxygen atoms in total. The second-order valence-corrected chi connectivity index (χ2v) is 5.93. The smallest absolute Gasteiger partial charge is 0.336 e. The Balaban J connectivity index is 1.62. The molecule has 0 bridgehead atoms. The number of hydrogen-bond donors (Lipinski definition) is 2. The van der Waals surface area contributed by atoms with Gasteiger partial charge in [-0.05, 0) is 36.8 Å². The van der Waals surface area contributed by atoms with Gasteiger partial charge in [-0.2, -0.15) is 4.98 Å². The van der Waals surface area contributed by atoms with Crippen LogP contribution in [0.1, 0.15) is 36.9 Å². The highest BCUT2D eigenvalue weighted by Gasteiger charge is 2.40. The van der Waals surface area contributed by atoms with Gasteiger partial charge in [-0.25, -0.2) is 9.69 Å². The van der Waals surface area contributed by atoms with Crippen molar-refractivity contribution in [2.75, 3.05) is 4.90 Å². The molecule has 0 atom stereocenters. The molecule has 134 valence electrons. The zero-order valence-corrected chi connectivity index (χ0v) is 14.1. The summed E-state index contributed by atoms with van der Waals surface area (Å²) in [5.74, 6) is -1.94. The molecule has 0 fully saturated rings. The molecule has 1 aromatic heterocycles. The highest BCUT2D eigenvalue weighted by Crippen LogP contribution is 2.30. The fourth-order valence-corrected chi connectivity index (χ4v) is 2.84. The second kappa shape index (κ2) is 6.10. The minimum absolute atomic E-state index is 0.0319. The number of carbonyl (C=O) groups is 3. The van der Waals surface area contributed by atoms with Crippen molar-refractivity contribution in [3.05, 3.63) is 71.0 Å². The number of carbonyl (C=O) groups excluding carboxylic acids is 2. The summed E-state index contributed by atoms with van der Waals surface area (Å²) in [7, 11) is 0. The summed E-state index contributed by atoms with van der Waals surface area (Å²) < 4.78 is 5.51. The minimum atomic E-state index is -1.08. The largest absolute Gasteiger partial charge is 0.478 e. The number of aromatic carboxylic acids is 1. The molecule has 2 heterocycles. The number of aromatic nitrogens is 2. The predicted octanol–water partition coefficient (Wildman–Crippen LogP) is 3.01. The number of aryl methyl sites for hydroxylation is 1. The molecule has 3 aromatic rings. The third-order valence-electron chi connectivity index (χ3n) is 4.17. The van der Waals surface area contributed by atoms with Crippen LogP contribution >= 0.6 is 0 Å². The topological polar surface area (TPSA) is 113 Å². The number of amides is 2. The first-order chi connectivity index (χ1) is 13.0. The maximum atomic E-state index is 12.6. The van der Waals surface area contributed by atoms with E-state index in [0.717, 1.165) is 4.90 Å². The van der Waals surface area contributed by atoms with Crippen LogP contribution in [-0.4, -0.2) is 32.9 Å². The van der Waals surface area contributed by atoms with Gasteiger partial charge in [-0.3, -0.25) is 9.59 Å². The van der Waals surface area contributed by atoms with Crippen molar-refractivity contribution in [3.8, 4) is 11.8 Å². The van der Waals surface area contributed by atoms with Gasteiger partial charge in [0.1, 0.15) is 11.4 Å². The molecule has 0 saturated carbocycles. The Morgan fingerprint density at radius 2 is 1.85 bits per heavy atom. The number of fused-ring (bicyclic) bond motifs is 1. The molecular formula is C19H13N3O5. The molecule has 0 spiro atoms. The van der Waals surface area contributed by atoms with Crippen molar-refractivity contribution in [2.45, 2.75) is 6.92 Å². The third kappa shape index (κ3) is 2.73. The fourth-order valence-electron chi connectivity index (χ4n) is 2.84. The van der Waals surface area contributed by atoms with E-state index in [1.807, 2.05) is 0 Å². The number of imide groups is 1. The Labute approximate surface area is 153 Å². The van der Waals surface area contributed by atoms with Gasteiger partial charge in [0, 0.05) is 0 Å². The lowest BCUT2D eigenvalue weighted by atomic mass is 10.1. The van der Waals surface area contributed by atoms with Crippen molar-refractivity contribution in [3.63, 3.8) is 0 Å². The Hall–Kier alpha value is -3.94. The highest BCUT2D eigenvalue weighted by atomic mass is 16.5. The molecule has 1 aliphatic rings. The summed E-state index contributed by atoms with van der Waals surface area (Å²) in [6.45, 7) is 1.67. The van der Waals surface area contributed by atoms with Gasteiger partial charge in [-0.15, -0.1) is 0 Å². The lowest BCUT2D eigenvalue weighted by molar-refractivity contribution is 0.0695. The number of ether oxygens (including phenoxy) is 1. The second-order valence-electron chi connectivity index (χ2n) is 5.93. The lowest BCUT2D eigenvalue weighted by Crippen LogP contribution is -2.30.